The first-order valence-corrected chi connectivity index (χ1v) is 5.55. The minimum absolute atomic E-state index is 0.0919. The number of hydrogen-bond acceptors (Lipinski definition) is 4. The van der Waals surface area contributed by atoms with Gasteiger partial charge in [-0.05, 0) is 31.2 Å². The number of carboxylic acids is 1. The van der Waals surface area contributed by atoms with Crippen molar-refractivity contribution in [1.82, 2.24) is 9.97 Å². The highest BCUT2D eigenvalue weighted by Gasteiger charge is 2.13. The van der Waals surface area contributed by atoms with Crippen LogP contribution in [0.3, 0.4) is 0 Å². The lowest BCUT2D eigenvalue weighted by atomic mass is 10.3. The molecular weight excluding hydrogens is 249 g/mol. The summed E-state index contributed by atoms with van der Waals surface area (Å²) in [4.78, 5) is 20.6. The summed E-state index contributed by atoms with van der Waals surface area (Å²) in [5.74, 6) is -1.29. The van der Waals surface area contributed by atoms with Crippen LogP contribution in [0, 0.1) is 12.7 Å². The molecule has 0 atom stereocenters. The summed E-state index contributed by atoms with van der Waals surface area (Å²) < 4.78 is 13.2. The van der Waals surface area contributed by atoms with Crippen LogP contribution in [0.2, 0.25) is 0 Å². The van der Waals surface area contributed by atoms with Gasteiger partial charge in [-0.25, -0.2) is 19.2 Å². The van der Waals surface area contributed by atoms with Gasteiger partial charge in [0, 0.05) is 18.4 Å². The van der Waals surface area contributed by atoms with Gasteiger partial charge >= 0.3 is 5.97 Å². The Morgan fingerprint density at radius 2 is 2.05 bits per heavy atom. The number of nitrogens with zero attached hydrogens (tertiary/aromatic N) is 3. The molecule has 6 heteroatoms. The molecule has 1 N–H and O–H groups in total. The molecule has 0 saturated heterocycles. The van der Waals surface area contributed by atoms with Gasteiger partial charge in [0.1, 0.15) is 5.82 Å². The SMILES string of the molecule is Cc1cc(C(=O)O)nc(N(C)c2cccc(F)c2)n1. The predicted octanol–water partition coefficient (Wildman–Crippen LogP) is 2.39. The number of aryl methyl sites for hydroxylation is 1. The number of halogens is 1. The van der Waals surface area contributed by atoms with Crippen LogP contribution in [-0.2, 0) is 0 Å². The lowest BCUT2D eigenvalue weighted by Gasteiger charge is -2.17. The second-order valence-electron chi connectivity index (χ2n) is 4.04. The van der Waals surface area contributed by atoms with Gasteiger partial charge < -0.3 is 10.0 Å². The normalized spacial score (nSPS) is 10.3. The zero-order valence-corrected chi connectivity index (χ0v) is 10.5. The molecule has 0 aliphatic heterocycles. The minimum Gasteiger partial charge on any atom is -0.477 e. The van der Waals surface area contributed by atoms with Crippen LogP contribution >= 0.6 is 0 Å². The first-order chi connectivity index (χ1) is 8.97. The average Bonchev–Trinajstić information content (AvgIpc) is 2.37. The van der Waals surface area contributed by atoms with Crippen LogP contribution < -0.4 is 4.90 Å². The summed E-state index contributed by atoms with van der Waals surface area (Å²) in [6.07, 6.45) is 0. The summed E-state index contributed by atoms with van der Waals surface area (Å²) in [5, 5.41) is 8.96. The van der Waals surface area contributed by atoms with E-state index in [0.29, 0.717) is 11.4 Å². The Labute approximate surface area is 109 Å². The van der Waals surface area contributed by atoms with Gasteiger partial charge in [0.2, 0.25) is 5.95 Å². The molecule has 98 valence electrons. The zero-order valence-electron chi connectivity index (χ0n) is 10.5. The predicted molar refractivity (Wildman–Crippen MR) is 68.2 cm³/mol. The number of hydrogen-bond donors (Lipinski definition) is 1. The Kier molecular flexibility index (Phi) is 3.41. The molecule has 2 aromatic rings. The van der Waals surface area contributed by atoms with Gasteiger partial charge in [0.05, 0.1) is 0 Å². The van der Waals surface area contributed by atoms with Crippen molar-refractivity contribution in [1.29, 1.82) is 0 Å². The Balaban J connectivity index is 2.43. The van der Waals surface area contributed by atoms with Crippen molar-refractivity contribution in [3.05, 3.63) is 47.5 Å². The lowest BCUT2D eigenvalue weighted by Crippen LogP contribution is -2.16. The molecule has 0 bridgehead atoms. The summed E-state index contributed by atoms with van der Waals surface area (Å²) in [5.41, 5.74) is 0.985. The van der Waals surface area contributed by atoms with Crippen LogP contribution in [0.1, 0.15) is 16.2 Å². The van der Waals surface area contributed by atoms with Crippen LogP contribution in [0.5, 0.6) is 0 Å². The third-order valence-corrected chi connectivity index (χ3v) is 2.56. The largest absolute Gasteiger partial charge is 0.477 e. The van der Waals surface area contributed by atoms with Crippen LogP contribution in [0.4, 0.5) is 16.0 Å². The molecule has 0 saturated carbocycles. The molecule has 19 heavy (non-hydrogen) atoms. The monoisotopic (exact) mass is 261 g/mol. The fourth-order valence-corrected chi connectivity index (χ4v) is 1.61. The third-order valence-electron chi connectivity index (χ3n) is 2.56. The van der Waals surface area contributed by atoms with Crippen molar-refractivity contribution < 1.29 is 14.3 Å². The highest BCUT2D eigenvalue weighted by Crippen LogP contribution is 2.21. The van der Waals surface area contributed by atoms with Gasteiger partial charge in [-0.3, -0.25) is 0 Å². The van der Waals surface area contributed by atoms with Crippen molar-refractivity contribution in [2.75, 3.05) is 11.9 Å². The first-order valence-electron chi connectivity index (χ1n) is 5.55. The Bertz CT molecular complexity index is 631. The molecule has 0 fully saturated rings. The van der Waals surface area contributed by atoms with Gasteiger partial charge in [-0.15, -0.1) is 0 Å². The number of anilines is 2. The average molecular weight is 261 g/mol. The van der Waals surface area contributed by atoms with E-state index in [1.54, 1.807) is 26.1 Å². The topological polar surface area (TPSA) is 66.3 Å². The highest BCUT2D eigenvalue weighted by molar-refractivity contribution is 5.85. The Morgan fingerprint density at radius 1 is 1.32 bits per heavy atom. The molecule has 1 aromatic carbocycles. The Hall–Kier alpha value is -2.50. The second-order valence-corrected chi connectivity index (χ2v) is 4.04. The molecular formula is C13H12FN3O2. The van der Waals surface area contributed by atoms with Crippen molar-refractivity contribution in [3.8, 4) is 0 Å². The summed E-state index contributed by atoms with van der Waals surface area (Å²) in [7, 11) is 1.65. The molecule has 0 aliphatic rings. The van der Waals surface area contributed by atoms with E-state index >= 15 is 0 Å². The maximum atomic E-state index is 13.2. The van der Waals surface area contributed by atoms with Gasteiger partial charge in [0.15, 0.2) is 5.69 Å². The van der Waals surface area contributed by atoms with Gasteiger partial charge in [0.25, 0.3) is 0 Å². The number of carboxylic acid groups (broad SMARTS) is 1. The standard InChI is InChI=1S/C13H12FN3O2/c1-8-6-11(12(18)19)16-13(15-8)17(2)10-5-3-4-9(14)7-10/h3-7H,1-2H3,(H,18,19). The fourth-order valence-electron chi connectivity index (χ4n) is 1.61. The summed E-state index contributed by atoms with van der Waals surface area (Å²) in [6, 6.07) is 7.29. The molecule has 1 aromatic heterocycles. The van der Waals surface area contributed by atoms with Crippen molar-refractivity contribution in [2.45, 2.75) is 6.92 Å². The van der Waals surface area contributed by atoms with Crippen LogP contribution in [-0.4, -0.2) is 28.1 Å². The van der Waals surface area contributed by atoms with Crippen molar-refractivity contribution in [3.63, 3.8) is 0 Å². The first kappa shape index (κ1) is 12.9. The maximum Gasteiger partial charge on any atom is 0.354 e. The smallest absolute Gasteiger partial charge is 0.354 e. The second kappa shape index (κ2) is 5.01. The quantitative estimate of drug-likeness (QED) is 0.918. The van der Waals surface area contributed by atoms with Gasteiger partial charge in [-0.2, -0.15) is 0 Å². The van der Waals surface area contributed by atoms with E-state index in [1.165, 1.54) is 23.1 Å². The molecule has 0 aliphatic carbocycles. The van der Waals surface area contributed by atoms with E-state index in [4.69, 9.17) is 5.11 Å². The van der Waals surface area contributed by atoms with Crippen LogP contribution in [0.25, 0.3) is 0 Å². The van der Waals surface area contributed by atoms with E-state index in [-0.39, 0.29) is 17.5 Å². The minimum atomic E-state index is -1.13. The van der Waals surface area contributed by atoms with E-state index < -0.39 is 5.97 Å². The number of aromatic nitrogens is 2. The molecule has 0 unspecified atom stereocenters. The molecule has 0 radical (unpaired) electrons. The molecule has 1 heterocycles. The van der Waals surface area contributed by atoms with E-state index in [1.807, 2.05) is 0 Å². The molecule has 5 nitrogen and oxygen atoms in total. The maximum absolute atomic E-state index is 13.2. The summed E-state index contributed by atoms with van der Waals surface area (Å²) >= 11 is 0. The van der Waals surface area contributed by atoms with Gasteiger partial charge in [-0.1, -0.05) is 6.07 Å². The molecule has 0 amide bonds. The Morgan fingerprint density at radius 3 is 2.68 bits per heavy atom. The fraction of sp³-hybridized carbons (Fsp3) is 0.154. The van der Waals surface area contributed by atoms with Crippen molar-refractivity contribution >= 4 is 17.6 Å². The summed E-state index contributed by atoms with van der Waals surface area (Å²) in [6.45, 7) is 1.68. The van der Waals surface area contributed by atoms with E-state index in [9.17, 15) is 9.18 Å². The highest BCUT2D eigenvalue weighted by atomic mass is 19.1. The van der Waals surface area contributed by atoms with Crippen molar-refractivity contribution in [2.24, 2.45) is 0 Å². The van der Waals surface area contributed by atoms with Crippen LogP contribution in [0.15, 0.2) is 30.3 Å². The number of aromatic carboxylic acids is 1. The molecule has 0 spiro atoms. The zero-order chi connectivity index (χ0) is 14.0. The number of carbonyl (C=O) groups is 1. The number of rotatable bonds is 3. The lowest BCUT2D eigenvalue weighted by molar-refractivity contribution is 0.0690. The number of benzene rings is 1. The third kappa shape index (κ3) is 2.85. The van der Waals surface area contributed by atoms with E-state index in [0.717, 1.165) is 0 Å². The molecule has 2 rings (SSSR count). The van der Waals surface area contributed by atoms with E-state index in [2.05, 4.69) is 9.97 Å².